The summed E-state index contributed by atoms with van der Waals surface area (Å²) in [6, 6.07) is 9.71. The van der Waals surface area contributed by atoms with Gasteiger partial charge in [0.15, 0.2) is 5.65 Å². The van der Waals surface area contributed by atoms with E-state index in [1.54, 1.807) is 27.7 Å². The quantitative estimate of drug-likeness (QED) is 0.290. The minimum atomic E-state index is -0.390. The maximum Gasteiger partial charge on any atom is 0.254 e. The van der Waals surface area contributed by atoms with E-state index in [0.29, 0.717) is 39.4 Å². The van der Waals surface area contributed by atoms with E-state index in [-0.39, 0.29) is 18.2 Å². The number of amides is 2. The lowest BCUT2D eigenvalue weighted by Crippen LogP contribution is -2.19. The second-order valence-electron chi connectivity index (χ2n) is 8.24. The first kappa shape index (κ1) is 20.4. The molecule has 4 heterocycles. The first-order valence-corrected chi connectivity index (χ1v) is 11.2. The molecule has 0 atom stereocenters. The molecule has 1 saturated carbocycles. The van der Waals surface area contributed by atoms with E-state index < -0.39 is 0 Å². The van der Waals surface area contributed by atoms with E-state index in [2.05, 4.69) is 26.1 Å². The zero-order chi connectivity index (χ0) is 23.2. The van der Waals surface area contributed by atoms with Crippen LogP contribution in [0.5, 0.6) is 0 Å². The van der Waals surface area contributed by atoms with Gasteiger partial charge >= 0.3 is 0 Å². The van der Waals surface area contributed by atoms with Crippen molar-refractivity contribution in [1.82, 2.24) is 29.7 Å². The monoisotopic (exact) mass is 474 g/mol. The first-order valence-electron chi connectivity index (χ1n) is 10.8. The molecular weight excluding hydrogens is 456 g/mol. The third-order valence-electron chi connectivity index (χ3n) is 5.64. The van der Waals surface area contributed by atoms with Crippen LogP contribution in [-0.4, -0.2) is 42.2 Å². The van der Waals surface area contributed by atoms with Gasteiger partial charge in [0, 0.05) is 35.6 Å². The van der Waals surface area contributed by atoms with E-state index in [9.17, 15) is 9.59 Å². The fourth-order valence-corrected chi connectivity index (χ4v) is 4.02. The van der Waals surface area contributed by atoms with Crippen LogP contribution in [0, 0.1) is 0 Å². The number of carbonyl (C=O) groups is 2. The van der Waals surface area contributed by atoms with E-state index in [4.69, 9.17) is 16.6 Å². The number of carbonyl (C=O) groups excluding carboxylic acids is 2. The minimum absolute atomic E-state index is 0.0412. The molecule has 1 aromatic carbocycles. The van der Waals surface area contributed by atoms with Gasteiger partial charge in [-0.25, -0.2) is 9.67 Å². The smallest absolute Gasteiger partial charge is 0.254 e. The molecule has 2 fully saturated rings. The van der Waals surface area contributed by atoms with Gasteiger partial charge in [0.2, 0.25) is 5.91 Å². The lowest BCUT2D eigenvalue weighted by molar-refractivity contribution is -0.124. The average Bonchev–Trinajstić information content (AvgIpc) is 3.18. The number of hydrogen-bond donors (Lipinski definition) is 3. The molecular formula is C23H19ClN8O2. The lowest BCUT2D eigenvalue weighted by atomic mass is 10.1. The van der Waals surface area contributed by atoms with Crippen LogP contribution >= 0.6 is 11.6 Å². The Labute approximate surface area is 198 Å². The molecule has 10 nitrogen and oxygen atoms in total. The zero-order valence-corrected chi connectivity index (χ0v) is 18.6. The zero-order valence-electron chi connectivity index (χ0n) is 17.8. The van der Waals surface area contributed by atoms with E-state index in [1.807, 2.05) is 36.5 Å². The van der Waals surface area contributed by atoms with Gasteiger partial charge in [-0.1, -0.05) is 11.6 Å². The molecule has 0 bridgehead atoms. The fourth-order valence-electron chi connectivity index (χ4n) is 3.80. The van der Waals surface area contributed by atoms with Crippen molar-refractivity contribution in [3.05, 3.63) is 65.1 Å². The van der Waals surface area contributed by atoms with E-state index in [0.717, 1.165) is 24.3 Å². The van der Waals surface area contributed by atoms with Gasteiger partial charge in [-0.05, 0) is 43.2 Å². The van der Waals surface area contributed by atoms with E-state index in [1.165, 1.54) is 0 Å². The third kappa shape index (κ3) is 3.88. The lowest BCUT2D eigenvalue weighted by Gasteiger charge is -2.13. The fraction of sp³-hybridized carbons (Fsp3) is 0.174. The number of nitrogens with zero attached hydrogens (tertiary/aromatic N) is 5. The van der Waals surface area contributed by atoms with Crippen molar-refractivity contribution in [2.24, 2.45) is 0 Å². The molecule has 1 aliphatic heterocycles. The average molecular weight is 475 g/mol. The van der Waals surface area contributed by atoms with Crippen LogP contribution in [0.4, 0.5) is 17.3 Å². The van der Waals surface area contributed by atoms with Gasteiger partial charge in [-0.3, -0.25) is 14.9 Å². The Bertz CT molecular complexity index is 1470. The van der Waals surface area contributed by atoms with Crippen molar-refractivity contribution in [3.63, 3.8) is 0 Å². The van der Waals surface area contributed by atoms with Crippen molar-refractivity contribution in [3.8, 4) is 5.69 Å². The highest BCUT2D eigenvalue weighted by atomic mass is 35.5. The number of aromatic nitrogens is 5. The molecule has 4 aromatic rings. The van der Waals surface area contributed by atoms with Crippen molar-refractivity contribution in [2.45, 2.75) is 25.3 Å². The Morgan fingerprint density at radius 2 is 2.06 bits per heavy atom. The molecule has 1 saturated heterocycles. The van der Waals surface area contributed by atoms with Crippen LogP contribution in [0.1, 0.15) is 24.8 Å². The van der Waals surface area contributed by atoms with Crippen molar-refractivity contribution in [2.75, 3.05) is 10.6 Å². The molecule has 2 amide bonds. The van der Waals surface area contributed by atoms with Crippen molar-refractivity contribution >= 4 is 52.5 Å². The second-order valence-corrected chi connectivity index (χ2v) is 8.65. The SMILES string of the molecule is O=C1C/C(=C\c2cnn3c(NC4CC4)cc(Nc4ccc(-n5cccn5)cc4Cl)nc23)C(=O)N1. The van der Waals surface area contributed by atoms with Gasteiger partial charge in [-0.15, -0.1) is 0 Å². The number of anilines is 3. The molecule has 34 heavy (non-hydrogen) atoms. The highest BCUT2D eigenvalue weighted by Gasteiger charge is 2.26. The summed E-state index contributed by atoms with van der Waals surface area (Å²) in [5.74, 6) is 0.638. The number of imide groups is 1. The molecule has 11 heteroatoms. The van der Waals surface area contributed by atoms with Gasteiger partial charge in [-0.2, -0.15) is 14.7 Å². The Hall–Kier alpha value is -4.18. The van der Waals surface area contributed by atoms with Crippen LogP contribution in [0.2, 0.25) is 5.02 Å². The molecule has 3 N–H and O–H groups in total. The number of rotatable bonds is 6. The molecule has 1 aliphatic carbocycles. The van der Waals surface area contributed by atoms with Crippen molar-refractivity contribution in [1.29, 1.82) is 0 Å². The number of halogens is 1. The Morgan fingerprint density at radius 1 is 1.18 bits per heavy atom. The molecule has 2 aliphatic rings. The largest absolute Gasteiger partial charge is 0.367 e. The minimum Gasteiger partial charge on any atom is -0.367 e. The number of fused-ring (bicyclic) bond motifs is 1. The molecule has 170 valence electrons. The molecule has 0 radical (unpaired) electrons. The predicted molar refractivity (Wildman–Crippen MR) is 127 cm³/mol. The van der Waals surface area contributed by atoms with E-state index >= 15 is 0 Å². The number of hydrogen-bond acceptors (Lipinski definition) is 7. The Morgan fingerprint density at radius 3 is 2.76 bits per heavy atom. The summed E-state index contributed by atoms with van der Waals surface area (Å²) in [5.41, 5.74) is 3.11. The topological polar surface area (TPSA) is 118 Å². The third-order valence-corrected chi connectivity index (χ3v) is 5.95. The first-order chi connectivity index (χ1) is 16.5. The molecule has 0 unspecified atom stereocenters. The number of nitrogens with one attached hydrogen (secondary N) is 3. The summed E-state index contributed by atoms with van der Waals surface area (Å²) in [5, 5.41) is 18.3. The highest BCUT2D eigenvalue weighted by molar-refractivity contribution is 6.33. The highest BCUT2D eigenvalue weighted by Crippen LogP contribution is 2.31. The van der Waals surface area contributed by atoms with Gasteiger partial charge < -0.3 is 10.6 Å². The molecule has 0 spiro atoms. The summed E-state index contributed by atoms with van der Waals surface area (Å²) in [6.07, 6.45) is 9.07. The van der Waals surface area contributed by atoms with Crippen LogP contribution in [0.3, 0.4) is 0 Å². The predicted octanol–water partition coefficient (Wildman–Crippen LogP) is 3.32. The summed E-state index contributed by atoms with van der Waals surface area (Å²) >= 11 is 6.55. The summed E-state index contributed by atoms with van der Waals surface area (Å²) < 4.78 is 3.43. The van der Waals surface area contributed by atoms with Crippen molar-refractivity contribution < 1.29 is 9.59 Å². The maximum absolute atomic E-state index is 12.0. The standard InChI is InChI=1S/C23H19ClN8O2/c24-17-10-16(31-7-1-6-25-31)4-5-18(17)28-19-11-20(27-15-2-3-15)32-22(29-19)14(12-26-32)8-13-9-21(33)30-23(13)34/h1,4-8,10-12,15,27H,2-3,9H2,(H,28,29)(H,30,33,34)/b13-8+. The Kier molecular flexibility index (Phi) is 4.80. The Balaban J connectivity index is 1.38. The number of benzene rings is 1. The normalized spacial score (nSPS) is 16.9. The van der Waals surface area contributed by atoms with Crippen LogP contribution in [0.15, 0.2) is 54.5 Å². The van der Waals surface area contributed by atoms with Crippen LogP contribution in [-0.2, 0) is 9.59 Å². The maximum atomic E-state index is 12.0. The van der Waals surface area contributed by atoms with Crippen LogP contribution < -0.4 is 16.0 Å². The molecule has 3 aromatic heterocycles. The second kappa shape index (κ2) is 7.99. The van der Waals surface area contributed by atoms with Crippen LogP contribution in [0.25, 0.3) is 17.4 Å². The van der Waals surface area contributed by atoms with Gasteiger partial charge in [0.1, 0.15) is 11.6 Å². The summed E-state index contributed by atoms with van der Waals surface area (Å²) in [6.45, 7) is 0. The summed E-state index contributed by atoms with van der Waals surface area (Å²) in [7, 11) is 0. The van der Waals surface area contributed by atoms with Gasteiger partial charge in [0.25, 0.3) is 5.91 Å². The van der Waals surface area contributed by atoms with Gasteiger partial charge in [0.05, 0.1) is 29.0 Å². The summed E-state index contributed by atoms with van der Waals surface area (Å²) in [4.78, 5) is 28.3. The molecule has 6 rings (SSSR count).